The number of amides is 3. The van der Waals surface area contributed by atoms with Gasteiger partial charge < -0.3 is 20.7 Å². The number of carbonyl (C=O) groups is 2. The molecule has 0 aliphatic heterocycles. The lowest BCUT2D eigenvalue weighted by molar-refractivity contribution is 0.0528. The molecule has 6 heteroatoms. The molecule has 0 heterocycles. The van der Waals surface area contributed by atoms with Gasteiger partial charge in [0, 0.05) is 25.6 Å². The molecule has 0 spiro atoms. The molecule has 0 atom stereocenters. The van der Waals surface area contributed by atoms with Crippen LogP contribution in [0, 0.1) is 0 Å². The molecular weight excluding hydrogens is 366 g/mol. The molecule has 29 heavy (non-hydrogen) atoms. The zero-order valence-corrected chi connectivity index (χ0v) is 17.4. The van der Waals surface area contributed by atoms with E-state index in [-0.39, 0.29) is 11.9 Å². The zero-order chi connectivity index (χ0) is 21.1. The summed E-state index contributed by atoms with van der Waals surface area (Å²) in [6.07, 6.45) is 0.297. The first-order valence-electron chi connectivity index (χ1n) is 9.93. The molecule has 6 nitrogen and oxygen atoms in total. The van der Waals surface area contributed by atoms with E-state index in [2.05, 4.69) is 40.2 Å². The van der Waals surface area contributed by atoms with Crippen LogP contribution in [0.5, 0.6) is 0 Å². The van der Waals surface area contributed by atoms with E-state index in [4.69, 9.17) is 4.74 Å². The average Bonchev–Trinajstić information content (AvgIpc) is 2.68. The molecule has 0 saturated carbocycles. The van der Waals surface area contributed by atoms with Crippen LogP contribution in [0.4, 0.5) is 9.59 Å². The van der Waals surface area contributed by atoms with E-state index in [0.29, 0.717) is 19.6 Å². The molecule has 2 rings (SSSR count). The van der Waals surface area contributed by atoms with Crippen molar-refractivity contribution in [3.63, 3.8) is 0 Å². The molecule has 156 valence electrons. The Kier molecular flexibility index (Phi) is 8.52. The van der Waals surface area contributed by atoms with Crippen molar-refractivity contribution >= 4 is 12.1 Å². The van der Waals surface area contributed by atoms with E-state index < -0.39 is 11.7 Å². The van der Waals surface area contributed by atoms with Crippen molar-refractivity contribution in [2.45, 2.75) is 38.7 Å². The van der Waals surface area contributed by atoms with Crippen molar-refractivity contribution in [3.05, 3.63) is 71.8 Å². The molecule has 0 aliphatic rings. The van der Waals surface area contributed by atoms with Gasteiger partial charge in [-0.25, -0.2) is 9.59 Å². The number of nitrogens with one attached hydrogen (secondary N) is 3. The van der Waals surface area contributed by atoms with Gasteiger partial charge in [0.25, 0.3) is 0 Å². The van der Waals surface area contributed by atoms with E-state index in [1.165, 1.54) is 11.1 Å². The Morgan fingerprint density at radius 1 is 0.793 bits per heavy atom. The summed E-state index contributed by atoms with van der Waals surface area (Å²) < 4.78 is 5.14. The zero-order valence-electron chi connectivity index (χ0n) is 17.4. The molecule has 0 radical (unpaired) electrons. The van der Waals surface area contributed by atoms with Crippen molar-refractivity contribution in [3.8, 4) is 0 Å². The number of hydrogen-bond donors (Lipinski definition) is 3. The largest absolute Gasteiger partial charge is 0.444 e. The van der Waals surface area contributed by atoms with Gasteiger partial charge in [-0.3, -0.25) is 0 Å². The first-order chi connectivity index (χ1) is 13.8. The fraction of sp³-hybridized carbons (Fsp3) is 0.391. The number of ether oxygens (including phenoxy) is 1. The van der Waals surface area contributed by atoms with Gasteiger partial charge in [-0.05, 0) is 38.3 Å². The maximum Gasteiger partial charge on any atom is 0.407 e. The summed E-state index contributed by atoms with van der Waals surface area (Å²) in [6, 6.07) is 20.3. The molecule has 2 aromatic rings. The van der Waals surface area contributed by atoms with Gasteiger partial charge in [0.05, 0.1) is 0 Å². The first-order valence-corrected chi connectivity index (χ1v) is 9.93. The fourth-order valence-corrected chi connectivity index (χ4v) is 2.94. The second-order valence-corrected chi connectivity index (χ2v) is 7.77. The summed E-state index contributed by atoms with van der Waals surface area (Å²) in [5.74, 6) is 0.214. The van der Waals surface area contributed by atoms with Crippen molar-refractivity contribution in [2.75, 3.05) is 19.6 Å². The van der Waals surface area contributed by atoms with Crippen LogP contribution in [0.25, 0.3) is 0 Å². The van der Waals surface area contributed by atoms with E-state index >= 15 is 0 Å². The third-order valence-electron chi connectivity index (χ3n) is 4.20. The highest BCUT2D eigenvalue weighted by molar-refractivity contribution is 5.74. The maximum absolute atomic E-state index is 12.0. The molecule has 0 bridgehead atoms. The van der Waals surface area contributed by atoms with Gasteiger partial charge in [-0.2, -0.15) is 0 Å². The smallest absolute Gasteiger partial charge is 0.407 e. The van der Waals surface area contributed by atoms with E-state index in [9.17, 15) is 9.59 Å². The van der Waals surface area contributed by atoms with Gasteiger partial charge in [0.15, 0.2) is 0 Å². The average molecular weight is 398 g/mol. The molecular formula is C23H31N3O3. The van der Waals surface area contributed by atoms with Crippen LogP contribution in [0.3, 0.4) is 0 Å². The standard InChI is InChI=1S/C23H31N3O3/c1-23(2,3)29-22(28)26-17-16-25-21(27)24-15-14-20(18-10-6-4-7-11-18)19-12-8-5-9-13-19/h4-13,20H,14-17H2,1-3H3,(H,26,28)(H2,24,25,27). The van der Waals surface area contributed by atoms with Crippen LogP contribution >= 0.6 is 0 Å². The summed E-state index contributed by atoms with van der Waals surface area (Å²) in [7, 11) is 0. The number of benzene rings is 2. The second-order valence-electron chi connectivity index (χ2n) is 7.77. The van der Waals surface area contributed by atoms with E-state index in [1.54, 1.807) is 20.8 Å². The SMILES string of the molecule is CC(C)(C)OC(=O)NCCNC(=O)NCCC(c1ccccc1)c1ccccc1. The van der Waals surface area contributed by atoms with Crippen molar-refractivity contribution < 1.29 is 14.3 Å². The molecule has 0 aromatic heterocycles. The van der Waals surface area contributed by atoms with Gasteiger partial charge >= 0.3 is 12.1 Å². The minimum Gasteiger partial charge on any atom is -0.444 e. The lowest BCUT2D eigenvalue weighted by Crippen LogP contribution is -2.41. The van der Waals surface area contributed by atoms with E-state index in [1.807, 2.05) is 36.4 Å². The molecule has 0 saturated heterocycles. The Morgan fingerprint density at radius 3 is 1.79 bits per heavy atom. The highest BCUT2D eigenvalue weighted by Gasteiger charge is 2.16. The Bertz CT molecular complexity index is 718. The minimum atomic E-state index is -0.539. The van der Waals surface area contributed by atoms with E-state index in [0.717, 1.165) is 6.42 Å². The number of rotatable bonds is 8. The first kappa shape index (κ1) is 22.3. The summed E-state index contributed by atoms with van der Waals surface area (Å²) in [5, 5.41) is 8.23. The predicted molar refractivity (Wildman–Crippen MR) is 115 cm³/mol. The molecule has 0 unspecified atom stereocenters. The van der Waals surface area contributed by atoms with Gasteiger partial charge in [-0.1, -0.05) is 60.7 Å². The fourth-order valence-electron chi connectivity index (χ4n) is 2.94. The summed E-state index contributed by atoms with van der Waals surface area (Å²) in [4.78, 5) is 23.6. The monoisotopic (exact) mass is 397 g/mol. The Hall–Kier alpha value is -3.02. The summed E-state index contributed by atoms with van der Waals surface area (Å²) in [5.41, 5.74) is 1.91. The molecule has 0 fully saturated rings. The number of alkyl carbamates (subject to hydrolysis) is 1. The van der Waals surface area contributed by atoms with Gasteiger partial charge in [-0.15, -0.1) is 0 Å². The van der Waals surface area contributed by atoms with Crippen LogP contribution < -0.4 is 16.0 Å². The van der Waals surface area contributed by atoms with Crippen LogP contribution in [0.1, 0.15) is 44.2 Å². The van der Waals surface area contributed by atoms with Crippen LogP contribution in [-0.4, -0.2) is 37.4 Å². The minimum absolute atomic E-state index is 0.214. The third kappa shape index (κ3) is 8.68. The molecule has 3 amide bonds. The molecule has 2 aromatic carbocycles. The summed E-state index contributed by atoms with van der Waals surface area (Å²) >= 11 is 0. The van der Waals surface area contributed by atoms with Crippen LogP contribution in [0.2, 0.25) is 0 Å². The highest BCUT2D eigenvalue weighted by Crippen LogP contribution is 2.27. The van der Waals surface area contributed by atoms with Crippen molar-refractivity contribution in [2.24, 2.45) is 0 Å². The lowest BCUT2D eigenvalue weighted by Gasteiger charge is -2.20. The topological polar surface area (TPSA) is 79.5 Å². The third-order valence-corrected chi connectivity index (χ3v) is 4.20. The highest BCUT2D eigenvalue weighted by atomic mass is 16.6. The Balaban J connectivity index is 1.74. The second kappa shape index (κ2) is 11.1. The summed E-state index contributed by atoms with van der Waals surface area (Å²) in [6.45, 7) is 6.58. The van der Waals surface area contributed by atoms with Crippen molar-refractivity contribution in [1.82, 2.24) is 16.0 Å². The normalized spacial score (nSPS) is 11.0. The number of carbonyl (C=O) groups excluding carboxylic acids is 2. The maximum atomic E-state index is 12.0. The van der Waals surface area contributed by atoms with Crippen LogP contribution in [-0.2, 0) is 4.74 Å². The predicted octanol–water partition coefficient (Wildman–Crippen LogP) is 4.03. The molecule has 0 aliphatic carbocycles. The Morgan fingerprint density at radius 2 is 1.28 bits per heavy atom. The number of urea groups is 1. The van der Waals surface area contributed by atoms with Gasteiger partial charge in [0.1, 0.15) is 5.60 Å². The molecule has 3 N–H and O–H groups in total. The lowest BCUT2D eigenvalue weighted by atomic mass is 9.88. The van der Waals surface area contributed by atoms with Crippen LogP contribution in [0.15, 0.2) is 60.7 Å². The quantitative estimate of drug-likeness (QED) is 0.588. The van der Waals surface area contributed by atoms with Gasteiger partial charge in [0.2, 0.25) is 0 Å². The Labute approximate surface area is 173 Å². The van der Waals surface area contributed by atoms with Crippen molar-refractivity contribution in [1.29, 1.82) is 0 Å². The number of hydrogen-bond acceptors (Lipinski definition) is 3.